The van der Waals surface area contributed by atoms with Gasteiger partial charge in [0.2, 0.25) is 0 Å². The number of furan rings is 1. The average Bonchev–Trinajstić information content (AvgIpc) is 3.16. The van der Waals surface area contributed by atoms with Gasteiger partial charge in [0.05, 0.1) is 29.3 Å². The van der Waals surface area contributed by atoms with Crippen molar-refractivity contribution in [1.29, 1.82) is 0 Å². The number of nitrogens with zero attached hydrogens (tertiary/aromatic N) is 2. The van der Waals surface area contributed by atoms with Gasteiger partial charge in [-0.15, -0.1) is 0 Å². The first-order valence-corrected chi connectivity index (χ1v) is 11.9. The van der Waals surface area contributed by atoms with Crippen molar-refractivity contribution in [3.05, 3.63) is 24.2 Å². The van der Waals surface area contributed by atoms with Crippen LogP contribution < -0.4 is 10.6 Å². The van der Waals surface area contributed by atoms with E-state index in [-0.39, 0.29) is 11.8 Å². The number of nitrogens with one attached hydrogen (secondary N) is 2. The van der Waals surface area contributed by atoms with Crippen molar-refractivity contribution in [2.24, 2.45) is 4.99 Å². The molecule has 28 heavy (non-hydrogen) atoms. The zero-order chi connectivity index (χ0) is 20.6. The molecule has 1 aromatic rings. The zero-order valence-corrected chi connectivity index (χ0v) is 18.5. The highest BCUT2D eigenvalue weighted by atomic mass is 32.2. The number of aliphatic imine (C=N–C) groups is 1. The Morgan fingerprint density at radius 1 is 1.25 bits per heavy atom. The predicted molar refractivity (Wildman–Crippen MR) is 114 cm³/mol. The van der Waals surface area contributed by atoms with Crippen LogP contribution in [0.4, 0.5) is 0 Å². The highest BCUT2D eigenvalue weighted by molar-refractivity contribution is 7.92. The molecular weight excluding hydrogens is 376 g/mol. The highest BCUT2D eigenvalue weighted by Gasteiger charge is 2.28. The number of guanidine groups is 1. The Labute approximate surface area is 169 Å². The van der Waals surface area contributed by atoms with Gasteiger partial charge < -0.3 is 15.1 Å². The van der Waals surface area contributed by atoms with Crippen LogP contribution in [-0.2, 0) is 9.84 Å². The normalized spacial score (nSPS) is 18.1. The molecular formula is C20H36N4O3S. The van der Waals surface area contributed by atoms with Crippen LogP contribution in [0.2, 0.25) is 0 Å². The lowest BCUT2D eigenvalue weighted by molar-refractivity contribution is 0.150. The summed E-state index contributed by atoms with van der Waals surface area (Å²) in [5.41, 5.74) is 0. The molecule has 160 valence electrons. The van der Waals surface area contributed by atoms with E-state index in [0.717, 1.165) is 18.8 Å². The minimum Gasteiger partial charge on any atom is -0.468 e. The van der Waals surface area contributed by atoms with Crippen molar-refractivity contribution >= 4 is 15.8 Å². The molecule has 0 saturated carbocycles. The minimum absolute atomic E-state index is 0.0780. The molecule has 0 spiro atoms. The van der Waals surface area contributed by atoms with Gasteiger partial charge in [0.15, 0.2) is 15.8 Å². The van der Waals surface area contributed by atoms with E-state index in [4.69, 9.17) is 9.41 Å². The summed E-state index contributed by atoms with van der Waals surface area (Å²) in [5, 5.41) is 6.37. The van der Waals surface area contributed by atoms with Gasteiger partial charge in [0, 0.05) is 13.1 Å². The molecule has 0 amide bonds. The second-order valence-electron chi connectivity index (χ2n) is 8.21. The Hall–Kier alpha value is -1.54. The maximum atomic E-state index is 12.3. The number of rotatable bonds is 8. The summed E-state index contributed by atoms with van der Waals surface area (Å²) in [6.07, 6.45) is 5.38. The van der Waals surface area contributed by atoms with Crippen molar-refractivity contribution in [3.8, 4) is 0 Å². The third-order valence-corrected chi connectivity index (χ3v) is 7.67. The SMILES string of the molecule is CCNC(=NCC(c1ccco1)N1CCCCC1)NCCS(=O)(=O)C(C)(C)C. The summed E-state index contributed by atoms with van der Waals surface area (Å²) >= 11 is 0. The molecule has 1 aliphatic heterocycles. The molecule has 7 nitrogen and oxygen atoms in total. The number of hydrogen-bond donors (Lipinski definition) is 2. The Bertz CT molecular complexity index is 702. The molecule has 1 atom stereocenters. The minimum atomic E-state index is -3.16. The third-order valence-electron chi connectivity index (χ3n) is 5.07. The molecule has 1 aliphatic rings. The van der Waals surface area contributed by atoms with Gasteiger partial charge in [0.1, 0.15) is 5.76 Å². The van der Waals surface area contributed by atoms with E-state index in [1.54, 1.807) is 27.0 Å². The molecule has 0 bridgehead atoms. The lowest BCUT2D eigenvalue weighted by Gasteiger charge is -2.32. The first-order valence-electron chi connectivity index (χ1n) is 10.3. The van der Waals surface area contributed by atoms with Crippen LogP contribution in [0.3, 0.4) is 0 Å². The van der Waals surface area contributed by atoms with E-state index >= 15 is 0 Å². The number of hydrogen-bond acceptors (Lipinski definition) is 5. The van der Waals surface area contributed by atoms with Crippen LogP contribution in [0.15, 0.2) is 27.8 Å². The van der Waals surface area contributed by atoms with E-state index in [2.05, 4.69) is 15.5 Å². The fourth-order valence-electron chi connectivity index (χ4n) is 3.23. The molecule has 1 fully saturated rings. The lowest BCUT2D eigenvalue weighted by Crippen LogP contribution is -2.42. The Morgan fingerprint density at radius 2 is 1.96 bits per heavy atom. The number of piperidine rings is 1. The fourth-order valence-corrected chi connectivity index (χ4v) is 4.21. The second kappa shape index (κ2) is 10.3. The van der Waals surface area contributed by atoms with Gasteiger partial charge in [-0.25, -0.2) is 8.42 Å². The molecule has 1 unspecified atom stereocenters. The Morgan fingerprint density at radius 3 is 2.54 bits per heavy atom. The van der Waals surface area contributed by atoms with Gasteiger partial charge in [-0.3, -0.25) is 9.89 Å². The second-order valence-corrected chi connectivity index (χ2v) is 11.1. The van der Waals surface area contributed by atoms with Crippen LogP contribution in [0, 0.1) is 0 Å². The fraction of sp³-hybridized carbons (Fsp3) is 0.750. The summed E-state index contributed by atoms with van der Waals surface area (Å²) in [7, 11) is -3.16. The number of sulfone groups is 1. The Kier molecular flexibility index (Phi) is 8.37. The van der Waals surface area contributed by atoms with Gasteiger partial charge >= 0.3 is 0 Å². The molecule has 0 radical (unpaired) electrons. The summed E-state index contributed by atoms with van der Waals surface area (Å²) in [5.74, 6) is 1.64. The van der Waals surface area contributed by atoms with Crippen LogP contribution >= 0.6 is 0 Å². The van der Waals surface area contributed by atoms with E-state index in [1.165, 1.54) is 19.3 Å². The molecule has 0 aromatic carbocycles. The van der Waals surface area contributed by atoms with Gasteiger partial charge in [0.25, 0.3) is 0 Å². The van der Waals surface area contributed by atoms with E-state index in [0.29, 0.717) is 25.6 Å². The summed E-state index contributed by atoms with van der Waals surface area (Å²) in [4.78, 5) is 7.15. The highest BCUT2D eigenvalue weighted by Crippen LogP contribution is 2.25. The molecule has 1 aromatic heterocycles. The van der Waals surface area contributed by atoms with Crippen LogP contribution in [-0.4, -0.2) is 62.5 Å². The summed E-state index contributed by atoms with van der Waals surface area (Å²) in [6.45, 7) is 10.9. The molecule has 0 aliphatic carbocycles. The Balaban J connectivity index is 2.02. The molecule has 1 saturated heterocycles. The standard InChI is InChI=1S/C20H36N4O3S/c1-5-21-19(22-11-15-28(25,26)20(2,3)4)23-16-17(18-10-9-14-27-18)24-12-7-6-8-13-24/h9-10,14,17H,5-8,11-13,15-16H2,1-4H3,(H2,21,22,23). The van der Waals surface area contributed by atoms with Crippen molar-refractivity contribution in [2.45, 2.75) is 57.7 Å². The third kappa shape index (κ3) is 6.51. The van der Waals surface area contributed by atoms with Crippen molar-refractivity contribution in [2.75, 3.05) is 38.5 Å². The van der Waals surface area contributed by atoms with Gasteiger partial charge in [-0.05, 0) is 65.8 Å². The van der Waals surface area contributed by atoms with Crippen LogP contribution in [0.25, 0.3) is 0 Å². The number of likely N-dealkylation sites (tertiary alicyclic amines) is 1. The summed E-state index contributed by atoms with van der Waals surface area (Å²) < 4.78 is 29.5. The first-order chi connectivity index (χ1) is 13.2. The van der Waals surface area contributed by atoms with Crippen molar-refractivity contribution in [3.63, 3.8) is 0 Å². The largest absolute Gasteiger partial charge is 0.468 e. The smallest absolute Gasteiger partial charge is 0.191 e. The molecule has 2 heterocycles. The molecule has 2 rings (SSSR count). The maximum Gasteiger partial charge on any atom is 0.191 e. The van der Waals surface area contributed by atoms with Crippen molar-refractivity contribution in [1.82, 2.24) is 15.5 Å². The maximum absolute atomic E-state index is 12.3. The predicted octanol–water partition coefficient (Wildman–Crippen LogP) is 2.58. The lowest BCUT2D eigenvalue weighted by atomic mass is 10.1. The van der Waals surface area contributed by atoms with Gasteiger partial charge in [-0.1, -0.05) is 6.42 Å². The van der Waals surface area contributed by atoms with Crippen molar-refractivity contribution < 1.29 is 12.8 Å². The quantitative estimate of drug-likeness (QED) is 0.504. The molecule has 8 heteroatoms. The first kappa shape index (κ1) is 22.7. The van der Waals surface area contributed by atoms with Crippen LogP contribution in [0.5, 0.6) is 0 Å². The van der Waals surface area contributed by atoms with E-state index in [9.17, 15) is 8.42 Å². The topological polar surface area (TPSA) is 86.9 Å². The zero-order valence-electron chi connectivity index (χ0n) is 17.7. The van der Waals surface area contributed by atoms with Gasteiger partial charge in [-0.2, -0.15) is 0 Å². The average molecular weight is 413 g/mol. The van der Waals surface area contributed by atoms with E-state index in [1.807, 2.05) is 19.1 Å². The monoisotopic (exact) mass is 412 g/mol. The van der Waals surface area contributed by atoms with Crippen LogP contribution in [0.1, 0.15) is 58.8 Å². The molecule has 2 N–H and O–H groups in total. The summed E-state index contributed by atoms with van der Waals surface area (Å²) in [6, 6.07) is 4.02. The van der Waals surface area contributed by atoms with E-state index < -0.39 is 14.6 Å².